The molecule has 0 saturated heterocycles. The molecule has 0 radical (unpaired) electrons. The minimum Gasteiger partial charge on any atom is -0.496 e. The third kappa shape index (κ3) is 8.69. The summed E-state index contributed by atoms with van der Waals surface area (Å²) in [5.74, 6) is -0.223. The highest BCUT2D eigenvalue weighted by molar-refractivity contribution is 8.00. The van der Waals surface area contributed by atoms with Crippen molar-refractivity contribution in [3.8, 4) is 17.0 Å². The Hall–Kier alpha value is -5.19. The second-order valence-corrected chi connectivity index (χ2v) is 11.8. The molecule has 10 heteroatoms. The average molecular weight is 635 g/mol. The van der Waals surface area contributed by atoms with Gasteiger partial charge in [0.05, 0.1) is 18.6 Å². The van der Waals surface area contributed by atoms with Crippen LogP contribution < -0.4 is 20.7 Å². The van der Waals surface area contributed by atoms with Crippen molar-refractivity contribution >= 4 is 57.7 Å². The van der Waals surface area contributed by atoms with Crippen molar-refractivity contribution in [1.29, 1.82) is 0 Å². The van der Waals surface area contributed by atoms with Crippen LogP contribution in [0.1, 0.15) is 21.5 Å². The van der Waals surface area contributed by atoms with E-state index in [1.54, 1.807) is 55.7 Å². The number of amides is 3. The van der Waals surface area contributed by atoms with E-state index in [-0.39, 0.29) is 17.4 Å². The van der Waals surface area contributed by atoms with Gasteiger partial charge in [-0.3, -0.25) is 14.4 Å². The number of thiazole rings is 1. The van der Waals surface area contributed by atoms with Crippen molar-refractivity contribution in [3.63, 3.8) is 0 Å². The number of nitrogens with zero attached hydrogens (tertiary/aromatic N) is 1. The number of carbonyl (C=O) groups is 3. The molecule has 8 nitrogen and oxygen atoms in total. The number of thioether (sulfide) groups is 1. The summed E-state index contributed by atoms with van der Waals surface area (Å²) in [5.41, 5.74) is 4.43. The largest absolute Gasteiger partial charge is 0.496 e. The van der Waals surface area contributed by atoms with Gasteiger partial charge in [0, 0.05) is 27.1 Å². The lowest BCUT2D eigenvalue weighted by atomic mass is 10.1. The summed E-state index contributed by atoms with van der Waals surface area (Å²) >= 11 is 2.67. The number of ether oxygens (including phenoxy) is 1. The fourth-order valence-electron chi connectivity index (χ4n) is 4.35. The number of benzene rings is 4. The minimum absolute atomic E-state index is 0.0998. The second kappa shape index (κ2) is 15.0. The Kier molecular flexibility index (Phi) is 10.4. The van der Waals surface area contributed by atoms with Crippen molar-refractivity contribution in [3.05, 3.63) is 131 Å². The van der Waals surface area contributed by atoms with Crippen LogP contribution in [0, 0.1) is 6.92 Å². The molecule has 0 aliphatic carbocycles. The summed E-state index contributed by atoms with van der Waals surface area (Å²) in [7, 11) is 1.61. The van der Waals surface area contributed by atoms with E-state index in [1.807, 2.05) is 73.0 Å². The van der Waals surface area contributed by atoms with Crippen LogP contribution in [0.5, 0.6) is 5.75 Å². The fraction of sp³-hybridized carbons (Fsp3) is 0.0857. The molecule has 0 saturated carbocycles. The fourth-order valence-corrected chi connectivity index (χ4v) is 5.83. The highest BCUT2D eigenvalue weighted by Crippen LogP contribution is 2.32. The first kappa shape index (κ1) is 31.2. The van der Waals surface area contributed by atoms with Gasteiger partial charge in [-0.15, -0.1) is 23.1 Å². The number of carbonyl (C=O) groups excluding carboxylic acids is 3. The highest BCUT2D eigenvalue weighted by atomic mass is 32.2. The number of rotatable bonds is 11. The summed E-state index contributed by atoms with van der Waals surface area (Å²) in [6.45, 7) is 1.96. The molecule has 0 bridgehead atoms. The molecule has 3 amide bonds. The zero-order valence-electron chi connectivity index (χ0n) is 24.6. The number of anilines is 2. The topological polar surface area (TPSA) is 109 Å². The average Bonchev–Trinajstić information content (AvgIpc) is 3.52. The maximum atomic E-state index is 13.4. The molecule has 0 spiro atoms. The van der Waals surface area contributed by atoms with Gasteiger partial charge in [-0.1, -0.05) is 66.2 Å². The Morgan fingerprint density at radius 1 is 0.889 bits per heavy atom. The number of nitrogens with one attached hydrogen (secondary N) is 3. The van der Waals surface area contributed by atoms with Gasteiger partial charge < -0.3 is 20.7 Å². The maximum absolute atomic E-state index is 13.4. The Bertz CT molecular complexity index is 1850. The summed E-state index contributed by atoms with van der Waals surface area (Å²) in [5, 5.41) is 10.8. The van der Waals surface area contributed by atoms with Crippen molar-refractivity contribution in [2.75, 3.05) is 23.5 Å². The van der Waals surface area contributed by atoms with E-state index in [0.29, 0.717) is 22.1 Å². The summed E-state index contributed by atoms with van der Waals surface area (Å²) in [6, 6.07) is 31.1. The van der Waals surface area contributed by atoms with E-state index in [2.05, 4.69) is 20.9 Å². The van der Waals surface area contributed by atoms with Crippen molar-refractivity contribution in [2.24, 2.45) is 0 Å². The van der Waals surface area contributed by atoms with Gasteiger partial charge in [0.25, 0.3) is 11.8 Å². The van der Waals surface area contributed by atoms with E-state index < -0.39 is 11.8 Å². The van der Waals surface area contributed by atoms with Crippen molar-refractivity contribution in [1.82, 2.24) is 10.3 Å². The predicted molar refractivity (Wildman–Crippen MR) is 182 cm³/mol. The molecule has 226 valence electrons. The lowest BCUT2D eigenvalue weighted by molar-refractivity contribution is -0.114. The van der Waals surface area contributed by atoms with E-state index in [9.17, 15) is 14.4 Å². The Labute approximate surface area is 269 Å². The van der Waals surface area contributed by atoms with Crippen LogP contribution in [0.3, 0.4) is 0 Å². The SMILES string of the molecule is COc1ccccc1-c1csc(NC(=O)CSc2cccc(NC(=O)/C(=C\c3cccc(C)c3)NC(=O)c3ccccc3)c2)n1. The van der Waals surface area contributed by atoms with Gasteiger partial charge in [-0.25, -0.2) is 4.98 Å². The third-order valence-corrected chi connectivity index (χ3v) is 8.23. The van der Waals surface area contributed by atoms with Gasteiger partial charge in [0.15, 0.2) is 5.13 Å². The first-order chi connectivity index (χ1) is 21.9. The number of methoxy groups -OCH3 is 1. The Morgan fingerprint density at radius 3 is 2.47 bits per heavy atom. The quantitative estimate of drug-likeness (QED) is 0.104. The van der Waals surface area contributed by atoms with E-state index in [1.165, 1.54) is 23.1 Å². The normalized spacial score (nSPS) is 11.0. The first-order valence-corrected chi connectivity index (χ1v) is 15.8. The molecular weight excluding hydrogens is 605 g/mol. The Morgan fingerprint density at radius 2 is 1.67 bits per heavy atom. The van der Waals surface area contributed by atoms with Gasteiger partial charge >= 0.3 is 0 Å². The summed E-state index contributed by atoms with van der Waals surface area (Å²) in [6.07, 6.45) is 1.64. The number of para-hydroxylation sites is 1. The van der Waals surface area contributed by atoms with Gasteiger partial charge in [0.1, 0.15) is 11.4 Å². The molecule has 0 aliphatic rings. The molecule has 0 unspecified atom stereocenters. The van der Waals surface area contributed by atoms with Crippen LogP contribution >= 0.6 is 23.1 Å². The third-order valence-electron chi connectivity index (χ3n) is 6.48. The molecule has 0 aliphatic heterocycles. The molecule has 5 aromatic rings. The lowest BCUT2D eigenvalue weighted by Gasteiger charge is -2.12. The monoisotopic (exact) mass is 634 g/mol. The summed E-state index contributed by atoms with van der Waals surface area (Å²) in [4.78, 5) is 44.4. The molecule has 5 rings (SSSR count). The molecule has 0 atom stereocenters. The van der Waals surface area contributed by atoms with Gasteiger partial charge in [-0.2, -0.15) is 0 Å². The first-order valence-electron chi connectivity index (χ1n) is 14.0. The van der Waals surface area contributed by atoms with Crippen LogP contribution in [0.2, 0.25) is 0 Å². The molecule has 45 heavy (non-hydrogen) atoms. The van der Waals surface area contributed by atoms with Crippen LogP contribution in [-0.4, -0.2) is 35.6 Å². The standard InChI is InChI=1S/C35H30N4O4S2/c1-23-10-8-11-24(18-23)19-29(37-33(41)25-12-4-3-5-13-25)34(42)36-26-14-9-15-27(20-26)44-22-32(40)39-35-38-30(21-45-35)28-16-6-7-17-31(28)43-2/h3-21H,22H2,1-2H3,(H,36,42)(H,37,41)(H,38,39,40)/b29-19+. The molecule has 4 aromatic carbocycles. The van der Waals surface area contributed by atoms with E-state index >= 15 is 0 Å². The minimum atomic E-state index is -0.477. The molecule has 1 aromatic heterocycles. The molecule has 1 heterocycles. The number of aryl methyl sites for hydroxylation is 1. The summed E-state index contributed by atoms with van der Waals surface area (Å²) < 4.78 is 5.42. The Balaban J connectivity index is 1.23. The van der Waals surface area contributed by atoms with Crippen molar-refractivity contribution in [2.45, 2.75) is 11.8 Å². The van der Waals surface area contributed by atoms with E-state index in [4.69, 9.17) is 4.74 Å². The van der Waals surface area contributed by atoms with Crippen molar-refractivity contribution < 1.29 is 19.1 Å². The maximum Gasteiger partial charge on any atom is 0.272 e. The van der Waals surface area contributed by atoms with E-state index in [0.717, 1.165) is 27.3 Å². The zero-order valence-corrected chi connectivity index (χ0v) is 26.2. The highest BCUT2D eigenvalue weighted by Gasteiger charge is 2.16. The van der Waals surface area contributed by atoms with Crippen LogP contribution in [-0.2, 0) is 9.59 Å². The molecule has 3 N–H and O–H groups in total. The van der Waals surface area contributed by atoms with Crippen LogP contribution in [0.25, 0.3) is 17.3 Å². The predicted octanol–water partition coefficient (Wildman–Crippen LogP) is 7.27. The molecule has 0 fully saturated rings. The van der Waals surface area contributed by atoms with Crippen LogP contribution in [0.15, 0.2) is 119 Å². The van der Waals surface area contributed by atoms with Gasteiger partial charge in [-0.05, 0) is 61.0 Å². The lowest BCUT2D eigenvalue weighted by Crippen LogP contribution is -2.30. The smallest absolute Gasteiger partial charge is 0.272 e. The van der Waals surface area contributed by atoms with Gasteiger partial charge in [0.2, 0.25) is 5.91 Å². The zero-order chi connectivity index (χ0) is 31.6. The number of hydrogen-bond acceptors (Lipinski definition) is 7. The molecular formula is C35H30N4O4S2. The number of hydrogen-bond donors (Lipinski definition) is 3. The van der Waals surface area contributed by atoms with Crippen LogP contribution in [0.4, 0.5) is 10.8 Å². The number of aromatic nitrogens is 1. The second-order valence-electron chi connectivity index (χ2n) is 9.85.